The second-order valence-electron chi connectivity index (χ2n) is 8.12. The van der Waals surface area contributed by atoms with E-state index in [4.69, 9.17) is 9.97 Å². The highest BCUT2D eigenvalue weighted by Gasteiger charge is 2.40. The van der Waals surface area contributed by atoms with Gasteiger partial charge in [0.15, 0.2) is 11.5 Å². The molecule has 1 N–H and O–H groups in total. The van der Waals surface area contributed by atoms with Crippen molar-refractivity contribution in [2.24, 2.45) is 7.05 Å². The smallest absolute Gasteiger partial charge is 0.165 e. The fourth-order valence-electron chi connectivity index (χ4n) is 4.86. The van der Waals surface area contributed by atoms with Gasteiger partial charge in [-0.2, -0.15) is 5.10 Å². The summed E-state index contributed by atoms with van der Waals surface area (Å²) in [6.07, 6.45) is 13.3. The van der Waals surface area contributed by atoms with Gasteiger partial charge in [-0.3, -0.25) is 14.6 Å². The largest absolute Gasteiger partial charge is 0.367 e. The van der Waals surface area contributed by atoms with Gasteiger partial charge in [0, 0.05) is 37.1 Å². The summed E-state index contributed by atoms with van der Waals surface area (Å²) in [6.45, 7) is 3.39. The van der Waals surface area contributed by atoms with Crippen LogP contribution < -0.4 is 5.32 Å². The Morgan fingerprint density at radius 1 is 1.07 bits per heavy atom. The lowest BCUT2D eigenvalue weighted by Gasteiger charge is -2.39. The highest BCUT2D eigenvalue weighted by atomic mass is 15.3. The second kappa shape index (κ2) is 7.13. The van der Waals surface area contributed by atoms with Gasteiger partial charge in [-0.25, -0.2) is 9.97 Å². The molecule has 0 unspecified atom stereocenters. The van der Waals surface area contributed by atoms with E-state index in [1.807, 2.05) is 36.3 Å². The number of likely N-dealkylation sites (tertiary alicyclic amines) is 1. The number of anilines is 1. The van der Waals surface area contributed by atoms with E-state index >= 15 is 0 Å². The highest BCUT2D eigenvalue weighted by molar-refractivity contribution is 5.88. The Labute approximate surface area is 165 Å². The Hall–Kier alpha value is -2.54. The molecule has 0 radical (unpaired) electrons. The maximum atomic E-state index is 4.87. The zero-order valence-corrected chi connectivity index (χ0v) is 16.4. The molecule has 3 aromatic heterocycles. The molecule has 1 aliphatic carbocycles. The normalized spacial score (nSPS) is 19.5. The summed E-state index contributed by atoms with van der Waals surface area (Å²) in [5.74, 6) is 1.57. The van der Waals surface area contributed by atoms with Crippen LogP contribution in [0, 0.1) is 0 Å². The molecular formula is C21H27N7. The molecule has 7 heteroatoms. The molecule has 0 aromatic carbocycles. The van der Waals surface area contributed by atoms with Crippen LogP contribution in [0.3, 0.4) is 0 Å². The van der Waals surface area contributed by atoms with Crippen LogP contribution in [-0.4, -0.2) is 54.8 Å². The Morgan fingerprint density at radius 2 is 1.89 bits per heavy atom. The summed E-state index contributed by atoms with van der Waals surface area (Å²) in [7, 11) is 1.93. The fourth-order valence-corrected chi connectivity index (χ4v) is 4.86. The molecule has 0 amide bonds. The van der Waals surface area contributed by atoms with Crippen LogP contribution >= 0.6 is 0 Å². The summed E-state index contributed by atoms with van der Waals surface area (Å²) in [5, 5.41) is 9.09. The van der Waals surface area contributed by atoms with Gasteiger partial charge in [0.2, 0.25) is 0 Å². The third kappa shape index (κ3) is 3.03. The molecule has 4 heterocycles. The lowest BCUT2D eigenvalue weighted by atomic mass is 9.95. The van der Waals surface area contributed by atoms with E-state index in [0.717, 1.165) is 29.0 Å². The molecule has 146 valence electrons. The van der Waals surface area contributed by atoms with Crippen LogP contribution in [0.4, 0.5) is 5.82 Å². The van der Waals surface area contributed by atoms with Gasteiger partial charge in [-0.05, 0) is 50.9 Å². The Balaban J connectivity index is 1.49. The topological polar surface area (TPSA) is 71.8 Å². The maximum absolute atomic E-state index is 4.87. The van der Waals surface area contributed by atoms with Crippen molar-refractivity contribution in [1.82, 2.24) is 29.6 Å². The van der Waals surface area contributed by atoms with Crippen molar-refractivity contribution < 1.29 is 0 Å². The monoisotopic (exact) mass is 377 g/mol. The molecule has 1 aliphatic heterocycles. The molecule has 2 aliphatic rings. The lowest BCUT2D eigenvalue weighted by molar-refractivity contribution is 0.135. The molecule has 2 fully saturated rings. The van der Waals surface area contributed by atoms with Crippen LogP contribution in [0.1, 0.15) is 38.5 Å². The second-order valence-corrected chi connectivity index (χ2v) is 8.12. The molecule has 28 heavy (non-hydrogen) atoms. The first-order valence-corrected chi connectivity index (χ1v) is 10.3. The maximum Gasteiger partial charge on any atom is 0.165 e. The molecule has 3 aromatic rings. The number of hydrogen-bond acceptors (Lipinski definition) is 6. The first-order valence-electron chi connectivity index (χ1n) is 10.3. The molecule has 7 nitrogen and oxygen atoms in total. The molecule has 1 saturated carbocycles. The fraction of sp³-hybridized carbons (Fsp3) is 0.524. The van der Waals surface area contributed by atoms with Gasteiger partial charge in [0.1, 0.15) is 5.82 Å². The SMILES string of the molecule is Cn1ncc2c(NCC3(N4CCCC4)CCCC3)nc(-c3cccnc3)nc21. The number of aromatic nitrogens is 5. The van der Waals surface area contributed by atoms with Gasteiger partial charge >= 0.3 is 0 Å². The van der Waals surface area contributed by atoms with Crippen molar-refractivity contribution >= 4 is 16.9 Å². The average molecular weight is 377 g/mol. The molecular weight excluding hydrogens is 350 g/mol. The molecule has 0 atom stereocenters. The minimum Gasteiger partial charge on any atom is -0.367 e. The third-order valence-corrected chi connectivity index (χ3v) is 6.41. The Morgan fingerprint density at radius 3 is 2.64 bits per heavy atom. The van der Waals surface area contributed by atoms with Crippen LogP contribution in [0.25, 0.3) is 22.4 Å². The van der Waals surface area contributed by atoms with Crippen molar-refractivity contribution in [3.05, 3.63) is 30.7 Å². The van der Waals surface area contributed by atoms with Crippen LogP contribution in [0.15, 0.2) is 30.7 Å². The van der Waals surface area contributed by atoms with Gasteiger partial charge in [-0.1, -0.05) is 12.8 Å². The minimum atomic E-state index is 0.268. The average Bonchev–Trinajstić information content (AvgIpc) is 3.49. The Kier molecular flexibility index (Phi) is 4.47. The number of nitrogens with one attached hydrogen (secondary N) is 1. The Bertz CT molecular complexity index is 954. The van der Waals surface area contributed by atoms with E-state index in [0.29, 0.717) is 5.82 Å². The highest BCUT2D eigenvalue weighted by Crippen LogP contribution is 2.38. The van der Waals surface area contributed by atoms with E-state index in [1.54, 1.807) is 6.20 Å². The molecule has 0 spiro atoms. The minimum absolute atomic E-state index is 0.268. The third-order valence-electron chi connectivity index (χ3n) is 6.41. The number of hydrogen-bond donors (Lipinski definition) is 1. The summed E-state index contributed by atoms with van der Waals surface area (Å²) in [4.78, 5) is 16.6. The first kappa shape index (κ1) is 17.6. The van der Waals surface area contributed by atoms with Crippen LogP contribution in [-0.2, 0) is 7.05 Å². The van der Waals surface area contributed by atoms with E-state index in [1.165, 1.54) is 51.6 Å². The summed E-state index contributed by atoms with van der Waals surface area (Å²) < 4.78 is 1.81. The molecule has 0 bridgehead atoms. The standard InChI is InChI=1S/C21H27N7/c1-27-20-17(14-24-27)19(25-18(26-20)16-7-6-10-22-13-16)23-15-21(8-2-3-9-21)28-11-4-5-12-28/h6-7,10,13-14H,2-5,8-9,11-12,15H2,1H3,(H,23,25,26). The van der Waals surface area contributed by atoms with E-state index in [2.05, 4.69) is 20.3 Å². The number of rotatable bonds is 5. The van der Waals surface area contributed by atoms with Gasteiger partial charge < -0.3 is 5.32 Å². The predicted octanol–water partition coefficient (Wildman–Crippen LogP) is 3.25. The van der Waals surface area contributed by atoms with Crippen molar-refractivity contribution in [1.29, 1.82) is 0 Å². The zero-order valence-electron chi connectivity index (χ0n) is 16.4. The van der Waals surface area contributed by atoms with Crippen molar-refractivity contribution in [3.8, 4) is 11.4 Å². The number of nitrogens with zero attached hydrogens (tertiary/aromatic N) is 6. The zero-order chi connectivity index (χ0) is 19.0. The number of fused-ring (bicyclic) bond motifs is 1. The van der Waals surface area contributed by atoms with Gasteiger partial charge in [-0.15, -0.1) is 0 Å². The summed E-state index contributed by atoms with van der Waals surface area (Å²) in [6, 6.07) is 3.91. The summed E-state index contributed by atoms with van der Waals surface area (Å²) >= 11 is 0. The predicted molar refractivity (Wildman–Crippen MR) is 110 cm³/mol. The quantitative estimate of drug-likeness (QED) is 0.736. The van der Waals surface area contributed by atoms with Crippen molar-refractivity contribution in [2.75, 3.05) is 25.0 Å². The van der Waals surface area contributed by atoms with Crippen LogP contribution in [0.5, 0.6) is 0 Å². The van der Waals surface area contributed by atoms with Crippen LogP contribution in [0.2, 0.25) is 0 Å². The molecule has 1 saturated heterocycles. The van der Waals surface area contributed by atoms with E-state index in [-0.39, 0.29) is 5.54 Å². The van der Waals surface area contributed by atoms with Gasteiger partial charge in [0.25, 0.3) is 0 Å². The van der Waals surface area contributed by atoms with Crippen molar-refractivity contribution in [2.45, 2.75) is 44.1 Å². The lowest BCUT2D eigenvalue weighted by Crippen LogP contribution is -2.50. The summed E-state index contributed by atoms with van der Waals surface area (Å²) in [5.41, 5.74) is 2.03. The molecule has 5 rings (SSSR count). The van der Waals surface area contributed by atoms with E-state index < -0.39 is 0 Å². The van der Waals surface area contributed by atoms with Crippen molar-refractivity contribution in [3.63, 3.8) is 0 Å². The first-order chi connectivity index (χ1) is 13.8. The number of pyridine rings is 1. The van der Waals surface area contributed by atoms with E-state index in [9.17, 15) is 0 Å². The number of aryl methyl sites for hydroxylation is 1. The van der Waals surface area contributed by atoms with Gasteiger partial charge in [0.05, 0.1) is 11.6 Å².